The maximum atomic E-state index is 13.8. The number of carbonyl (C=O) groups excluding carboxylic acids is 2. The lowest BCUT2D eigenvalue weighted by molar-refractivity contribution is -0.150. The Kier molecular flexibility index (Phi) is 6.41. The van der Waals surface area contributed by atoms with E-state index in [0.29, 0.717) is 37.0 Å². The van der Waals surface area contributed by atoms with Gasteiger partial charge in [0.1, 0.15) is 5.78 Å². The summed E-state index contributed by atoms with van der Waals surface area (Å²) in [5, 5.41) is 18.8. The topological polar surface area (TPSA) is 109 Å². The van der Waals surface area contributed by atoms with Gasteiger partial charge in [0.25, 0.3) is 0 Å². The molecule has 0 bridgehead atoms. The van der Waals surface area contributed by atoms with E-state index in [4.69, 9.17) is 5.11 Å². The molecule has 0 radical (unpaired) electrons. The molecule has 4 aliphatic carbocycles. The van der Waals surface area contributed by atoms with Gasteiger partial charge < -0.3 is 10.2 Å². The van der Waals surface area contributed by atoms with Gasteiger partial charge in [-0.2, -0.15) is 0 Å². The molecule has 34 heavy (non-hydrogen) atoms. The largest absolute Gasteiger partial charge is 0.481 e. The molecule has 4 aliphatic rings. The third-order valence-corrected chi connectivity index (χ3v) is 10.3. The number of fused-ring (bicyclic) bond motifs is 5. The third kappa shape index (κ3) is 3.77. The highest BCUT2D eigenvalue weighted by Crippen LogP contribution is 2.71. The molecule has 2 N–H and O–H groups in total. The monoisotopic (exact) mass is 470 g/mol. The van der Waals surface area contributed by atoms with E-state index in [1.807, 2.05) is 6.08 Å². The van der Waals surface area contributed by atoms with Gasteiger partial charge >= 0.3 is 11.9 Å². The van der Waals surface area contributed by atoms with Crippen LogP contribution >= 0.6 is 0 Å². The third-order valence-electron chi connectivity index (χ3n) is 10.3. The number of carbonyl (C=O) groups is 4. The van der Waals surface area contributed by atoms with Crippen molar-refractivity contribution in [2.24, 2.45) is 39.9 Å². The lowest BCUT2D eigenvalue weighted by Crippen LogP contribution is -2.54. The molecule has 0 spiro atoms. The van der Waals surface area contributed by atoms with Gasteiger partial charge in [-0.15, -0.1) is 0 Å². The SMILES string of the molecule is CC(C[C@]1(C(=O)CCCC(=O)O)CC[C@H]2[C@@H]3CCC4=CC(=O)C=C[C@]4(C)[C@H]3CC[C@@]21C)C(=O)O. The van der Waals surface area contributed by atoms with Crippen LogP contribution in [0.5, 0.6) is 0 Å². The Morgan fingerprint density at radius 1 is 1.06 bits per heavy atom. The Balaban J connectivity index is 1.66. The van der Waals surface area contributed by atoms with Gasteiger partial charge in [-0.3, -0.25) is 19.2 Å². The Hall–Kier alpha value is -2.24. The number of hydrogen-bond acceptors (Lipinski definition) is 4. The fraction of sp³-hybridized carbons (Fsp3) is 0.714. The summed E-state index contributed by atoms with van der Waals surface area (Å²) in [6.45, 7) is 6.17. The maximum absolute atomic E-state index is 13.8. The van der Waals surface area contributed by atoms with Gasteiger partial charge in [0.05, 0.1) is 5.92 Å². The summed E-state index contributed by atoms with van der Waals surface area (Å²) in [6.07, 6.45) is 11.7. The zero-order valence-electron chi connectivity index (χ0n) is 20.6. The smallest absolute Gasteiger partial charge is 0.306 e. The highest BCUT2D eigenvalue weighted by Gasteiger charge is 2.66. The lowest BCUT2D eigenvalue weighted by Gasteiger charge is -2.59. The van der Waals surface area contributed by atoms with Crippen LogP contribution in [0.4, 0.5) is 0 Å². The molecule has 3 saturated carbocycles. The molecule has 7 atom stereocenters. The lowest BCUT2D eigenvalue weighted by atomic mass is 9.45. The van der Waals surface area contributed by atoms with Crippen LogP contribution in [0.15, 0.2) is 23.8 Å². The summed E-state index contributed by atoms with van der Waals surface area (Å²) < 4.78 is 0. The Labute approximate surface area is 201 Å². The summed E-state index contributed by atoms with van der Waals surface area (Å²) in [6, 6.07) is 0. The summed E-state index contributed by atoms with van der Waals surface area (Å²) in [5.41, 5.74) is 0.111. The van der Waals surface area contributed by atoms with Crippen LogP contribution < -0.4 is 0 Å². The molecule has 3 fully saturated rings. The second-order valence-electron chi connectivity index (χ2n) is 11.8. The molecule has 0 aromatic rings. The molecule has 6 heteroatoms. The summed E-state index contributed by atoms with van der Waals surface area (Å²) in [7, 11) is 0. The molecule has 0 aromatic heterocycles. The van der Waals surface area contributed by atoms with Crippen molar-refractivity contribution >= 4 is 23.5 Å². The van der Waals surface area contributed by atoms with Crippen molar-refractivity contribution in [3.05, 3.63) is 23.8 Å². The fourth-order valence-electron chi connectivity index (χ4n) is 8.49. The quantitative estimate of drug-likeness (QED) is 0.504. The second kappa shape index (κ2) is 8.76. The van der Waals surface area contributed by atoms with E-state index in [1.54, 1.807) is 13.0 Å². The number of carboxylic acids is 2. The first-order chi connectivity index (χ1) is 15.9. The number of Topliss-reactive ketones (excluding diaryl/α,β-unsaturated/α-hetero) is 1. The predicted molar refractivity (Wildman–Crippen MR) is 127 cm³/mol. The van der Waals surface area contributed by atoms with Crippen molar-refractivity contribution in [1.82, 2.24) is 0 Å². The first-order valence-corrected chi connectivity index (χ1v) is 12.9. The fourth-order valence-corrected chi connectivity index (χ4v) is 8.49. The number of ketones is 2. The molecule has 0 heterocycles. The van der Waals surface area contributed by atoms with Gasteiger partial charge in [0, 0.05) is 23.7 Å². The van der Waals surface area contributed by atoms with Crippen LogP contribution in [0.3, 0.4) is 0 Å². The number of aliphatic carboxylic acids is 2. The predicted octanol–water partition coefficient (Wildman–Crippen LogP) is 5.22. The summed E-state index contributed by atoms with van der Waals surface area (Å²) in [4.78, 5) is 48.7. The van der Waals surface area contributed by atoms with Crippen molar-refractivity contribution in [3.63, 3.8) is 0 Å². The van der Waals surface area contributed by atoms with E-state index in [-0.39, 0.29) is 35.2 Å². The number of rotatable bonds is 8. The normalized spacial score (nSPS) is 39.4. The second-order valence-corrected chi connectivity index (χ2v) is 11.8. The summed E-state index contributed by atoms with van der Waals surface area (Å²) >= 11 is 0. The van der Waals surface area contributed by atoms with E-state index in [1.165, 1.54) is 5.57 Å². The van der Waals surface area contributed by atoms with Crippen LogP contribution in [0, 0.1) is 39.9 Å². The first-order valence-electron chi connectivity index (χ1n) is 12.9. The Morgan fingerprint density at radius 3 is 2.44 bits per heavy atom. The molecule has 0 amide bonds. The van der Waals surface area contributed by atoms with E-state index in [9.17, 15) is 24.3 Å². The zero-order chi connectivity index (χ0) is 24.9. The van der Waals surface area contributed by atoms with Crippen LogP contribution in [0.1, 0.15) is 85.0 Å². The molecular formula is C28H38O6. The van der Waals surface area contributed by atoms with Crippen LogP contribution in [-0.2, 0) is 19.2 Å². The molecule has 186 valence electrons. The van der Waals surface area contributed by atoms with E-state index < -0.39 is 23.3 Å². The Bertz CT molecular complexity index is 962. The summed E-state index contributed by atoms with van der Waals surface area (Å²) in [5.74, 6) is -1.08. The van der Waals surface area contributed by atoms with Gasteiger partial charge in [-0.1, -0.05) is 32.4 Å². The number of hydrogen-bond donors (Lipinski definition) is 2. The highest BCUT2D eigenvalue weighted by molar-refractivity contribution is 6.01. The molecule has 4 rings (SSSR count). The minimum Gasteiger partial charge on any atom is -0.481 e. The molecule has 0 aliphatic heterocycles. The standard InChI is InChI=1S/C28H38O6/c1-17(25(33)34)16-28(23(30)5-4-6-24(31)32)14-11-22-20-8-7-18-15-19(29)9-12-26(18,2)21(20)10-13-27(22,28)3/h9,12,15,17,20-22H,4-8,10-11,13-14,16H2,1-3H3,(H,31,32)(H,33,34)/t17?,20-,21+,22+,26+,27+,28+/m1/s1. The molecule has 0 aromatic carbocycles. The average Bonchev–Trinajstić information content (AvgIpc) is 3.07. The van der Waals surface area contributed by atoms with Gasteiger partial charge in [0.15, 0.2) is 5.78 Å². The molecule has 6 nitrogen and oxygen atoms in total. The van der Waals surface area contributed by atoms with Crippen LogP contribution in [0.25, 0.3) is 0 Å². The van der Waals surface area contributed by atoms with Crippen molar-refractivity contribution in [2.75, 3.05) is 0 Å². The molecular weight excluding hydrogens is 432 g/mol. The van der Waals surface area contributed by atoms with Crippen molar-refractivity contribution in [1.29, 1.82) is 0 Å². The number of allylic oxidation sites excluding steroid dienone is 4. The maximum Gasteiger partial charge on any atom is 0.306 e. The van der Waals surface area contributed by atoms with E-state index in [0.717, 1.165) is 32.1 Å². The van der Waals surface area contributed by atoms with Crippen molar-refractivity contribution in [3.8, 4) is 0 Å². The average molecular weight is 471 g/mol. The van der Waals surface area contributed by atoms with Crippen molar-refractivity contribution < 1.29 is 29.4 Å². The molecule has 0 saturated heterocycles. The number of carboxylic acid groups (broad SMARTS) is 2. The van der Waals surface area contributed by atoms with Crippen LogP contribution in [-0.4, -0.2) is 33.7 Å². The Morgan fingerprint density at radius 2 is 1.76 bits per heavy atom. The van der Waals surface area contributed by atoms with E-state index in [2.05, 4.69) is 19.9 Å². The highest BCUT2D eigenvalue weighted by atomic mass is 16.4. The van der Waals surface area contributed by atoms with Gasteiger partial charge in [0.2, 0.25) is 0 Å². The minimum atomic E-state index is -0.907. The van der Waals surface area contributed by atoms with E-state index >= 15 is 0 Å². The minimum absolute atomic E-state index is 0.0420. The van der Waals surface area contributed by atoms with Crippen molar-refractivity contribution in [2.45, 2.75) is 85.0 Å². The van der Waals surface area contributed by atoms with Gasteiger partial charge in [-0.05, 0) is 86.7 Å². The zero-order valence-corrected chi connectivity index (χ0v) is 20.6. The van der Waals surface area contributed by atoms with Crippen LogP contribution in [0.2, 0.25) is 0 Å². The molecule has 1 unspecified atom stereocenters. The van der Waals surface area contributed by atoms with Gasteiger partial charge in [-0.25, -0.2) is 0 Å². The first kappa shape index (κ1) is 24.9.